The summed E-state index contributed by atoms with van der Waals surface area (Å²) in [7, 11) is -1.51. The predicted molar refractivity (Wildman–Crippen MR) is 78.9 cm³/mol. The second kappa shape index (κ2) is 6.68. The molecule has 0 aliphatic carbocycles. The van der Waals surface area contributed by atoms with Gasteiger partial charge in [-0.2, -0.15) is 0 Å². The van der Waals surface area contributed by atoms with Crippen LogP contribution in [-0.2, 0) is 16.6 Å². The van der Waals surface area contributed by atoms with Gasteiger partial charge in [0.15, 0.2) is 0 Å². The lowest BCUT2D eigenvalue weighted by molar-refractivity contribution is 0.460. The number of benzene rings is 1. The Labute approximate surface area is 118 Å². The van der Waals surface area contributed by atoms with E-state index in [1.807, 2.05) is 38.1 Å². The maximum atomic E-state index is 12.0. The Morgan fingerprint density at radius 3 is 2.28 bits per heavy atom. The first-order valence-electron chi connectivity index (χ1n) is 5.99. The van der Waals surface area contributed by atoms with Gasteiger partial charge in [-0.05, 0) is 30.0 Å². The maximum absolute atomic E-state index is 12.0. The van der Waals surface area contributed by atoms with E-state index in [1.165, 1.54) is 4.31 Å². The number of sulfonamides is 1. The Hall–Kier alpha value is -0.390. The van der Waals surface area contributed by atoms with Crippen LogP contribution in [0.2, 0.25) is 0 Å². The summed E-state index contributed by atoms with van der Waals surface area (Å²) in [4.78, 5) is 0. The molecule has 0 saturated heterocycles. The highest BCUT2D eigenvalue weighted by atomic mass is 79.9. The molecular weight excluding hydrogens is 314 g/mol. The fraction of sp³-hybridized carbons (Fsp3) is 0.538. The molecule has 0 saturated carbocycles. The fourth-order valence-corrected chi connectivity index (χ4v) is 3.18. The molecule has 0 atom stereocenters. The van der Waals surface area contributed by atoms with Crippen LogP contribution < -0.4 is 0 Å². The molecule has 0 amide bonds. The van der Waals surface area contributed by atoms with Gasteiger partial charge in [0.2, 0.25) is 10.0 Å². The molecule has 1 aromatic carbocycles. The van der Waals surface area contributed by atoms with E-state index in [2.05, 4.69) is 15.9 Å². The molecule has 102 valence electrons. The van der Waals surface area contributed by atoms with Crippen LogP contribution in [0.1, 0.15) is 25.8 Å². The molecule has 1 aromatic rings. The number of rotatable bonds is 6. The minimum atomic E-state index is -3.14. The van der Waals surface area contributed by atoms with Crippen molar-refractivity contribution < 1.29 is 8.42 Å². The molecule has 1 rings (SSSR count). The number of hydrogen-bond donors (Lipinski definition) is 0. The second-order valence-corrected chi connectivity index (χ2v) is 7.99. The maximum Gasteiger partial charge on any atom is 0.214 e. The van der Waals surface area contributed by atoms with Gasteiger partial charge in [0.05, 0.1) is 5.75 Å². The average Bonchev–Trinajstić information content (AvgIpc) is 2.29. The van der Waals surface area contributed by atoms with E-state index >= 15 is 0 Å². The molecule has 18 heavy (non-hydrogen) atoms. The van der Waals surface area contributed by atoms with E-state index < -0.39 is 10.0 Å². The summed E-state index contributed by atoms with van der Waals surface area (Å²) in [5.74, 6) is 0.624. The predicted octanol–water partition coefficient (Wildman–Crippen LogP) is 3.26. The summed E-state index contributed by atoms with van der Waals surface area (Å²) in [6, 6.07) is 7.70. The third-order valence-electron chi connectivity index (χ3n) is 2.75. The Morgan fingerprint density at radius 2 is 1.78 bits per heavy atom. The number of hydrogen-bond acceptors (Lipinski definition) is 2. The van der Waals surface area contributed by atoms with Crippen LogP contribution in [0, 0.1) is 5.92 Å². The smallest absolute Gasteiger partial charge is 0.212 e. The van der Waals surface area contributed by atoms with Crippen molar-refractivity contribution >= 4 is 26.0 Å². The van der Waals surface area contributed by atoms with E-state index in [1.54, 1.807) is 7.05 Å². The van der Waals surface area contributed by atoms with E-state index in [4.69, 9.17) is 0 Å². The third kappa shape index (κ3) is 5.08. The van der Waals surface area contributed by atoms with E-state index in [9.17, 15) is 8.42 Å². The highest BCUT2D eigenvalue weighted by Crippen LogP contribution is 2.14. The van der Waals surface area contributed by atoms with Gasteiger partial charge in [0, 0.05) is 18.1 Å². The highest BCUT2D eigenvalue weighted by molar-refractivity contribution is 9.10. The molecule has 0 bridgehead atoms. The summed E-state index contributed by atoms with van der Waals surface area (Å²) in [6.07, 6.45) is 0.701. The lowest BCUT2D eigenvalue weighted by Gasteiger charge is -2.18. The lowest BCUT2D eigenvalue weighted by atomic mass is 10.2. The van der Waals surface area contributed by atoms with Crippen molar-refractivity contribution in [3.05, 3.63) is 34.3 Å². The molecule has 0 unspecified atom stereocenters. The zero-order valence-electron chi connectivity index (χ0n) is 11.1. The van der Waals surface area contributed by atoms with Gasteiger partial charge >= 0.3 is 0 Å². The third-order valence-corrected chi connectivity index (χ3v) is 5.11. The van der Waals surface area contributed by atoms with Crippen molar-refractivity contribution in [1.82, 2.24) is 4.31 Å². The van der Waals surface area contributed by atoms with Crippen LogP contribution in [0.25, 0.3) is 0 Å². The number of nitrogens with zero attached hydrogens (tertiary/aromatic N) is 1. The topological polar surface area (TPSA) is 37.4 Å². The van der Waals surface area contributed by atoms with Crippen molar-refractivity contribution in [2.24, 2.45) is 5.92 Å². The fourth-order valence-electron chi connectivity index (χ4n) is 1.49. The van der Waals surface area contributed by atoms with Crippen molar-refractivity contribution in [2.75, 3.05) is 12.8 Å². The molecule has 0 heterocycles. The van der Waals surface area contributed by atoms with Crippen molar-refractivity contribution in [3.8, 4) is 0 Å². The molecule has 3 nitrogen and oxygen atoms in total. The molecule has 0 aromatic heterocycles. The molecular formula is C13H20BrNO2S. The van der Waals surface area contributed by atoms with E-state index in [0.29, 0.717) is 18.9 Å². The second-order valence-electron chi connectivity index (χ2n) is 4.88. The molecule has 0 fully saturated rings. The SMILES string of the molecule is CC(C)CCS(=O)(=O)N(C)Cc1ccc(Br)cc1. The van der Waals surface area contributed by atoms with Gasteiger partial charge in [0.25, 0.3) is 0 Å². The van der Waals surface area contributed by atoms with Gasteiger partial charge < -0.3 is 0 Å². The van der Waals surface area contributed by atoms with Crippen molar-refractivity contribution in [3.63, 3.8) is 0 Å². The Balaban J connectivity index is 2.64. The summed E-state index contributed by atoms with van der Waals surface area (Å²) in [5, 5.41) is 0. The van der Waals surface area contributed by atoms with E-state index in [0.717, 1.165) is 10.0 Å². The number of halogens is 1. The van der Waals surface area contributed by atoms with Gasteiger partial charge in [-0.1, -0.05) is 41.9 Å². The van der Waals surface area contributed by atoms with Crippen LogP contribution >= 0.6 is 15.9 Å². The molecule has 5 heteroatoms. The van der Waals surface area contributed by atoms with Gasteiger partial charge in [0.1, 0.15) is 0 Å². The first-order chi connectivity index (χ1) is 8.31. The van der Waals surface area contributed by atoms with Gasteiger partial charge in [-0.25, -0.2) is 12.7 Å². The summed E-state index contributed by atoms with van der Waals surface area (Å²) >= 11 is 3.36. The summed E-state index contributed by atoms with van der Waals surface area (Å²) in [5.41, 5.74) is 0.994. The van der Waals surface area contributed by atoms with Crippen LogP contribution in [-0.4, -0.2) is 25.5 Å². The Morgan fingerprint density at radius 1 is 1.22 bits per heavy atom. The van der Waals surface area contributed by atoms with Crippen molar-refractivity contribution in [1.29, 1.82) is 0 Å². The first kappa shape index (κ1) is 15.7. The van der Waals surface area contributed by atoms with Crippen molar-refractivity contribution in [2.45, 2.75) is 26.8 Å². The Kier molecular flexibility index (Phi) is 5.82. The van der Waals surface area contributed by atoms with E-state index in [-0.39, 0.29) is 5.75 Å². The largest absolute Gasteiger partial charge is 0.214 e. The van der Waals surface area contributed by atoms with Crippen LogP contribution in [0.15, 0.2) is 28.7 Å². The molecule has 0 spiro atoms. The minimum Gasteiger partial charge on any atom is -0.212 e. The summed E-state index contributed by atoms with van der Waals surface area (Å²) in [6.45, 7) is 4.49. The normalized spacial score (nSPS) is 12.3. The van der Waals surface area contributed by atoms with Crippen LogP contribution in [0.3, 0.4) is 0 Å². The average molecular weight is 334 g/mol. The zero-order chi connectivity index (χ0) is 13.8. The monoisotopic (exact) mass is 333 g/mol. The Bertz CT molecular complexity index is 468. The van der Waals surface area contributed by atoms with Crippen LogP contribution in [0.4, 0.5) is 0 Å². The molecule has 0 radical (unpaired) electrons. The minimum absolute atomic E-state index is 0.220. The molecule has 0 N–H and O–H groups in total. The highest BCUT2D eigenvalue weighted by Gasteiger charge is 2.18. The van der Waals surface area contributed by atoms with Gasteiger partial charge in [-0.3, -0.25) is 0 Å². The quantitative estimate of drug-likeness (QED) is 0.801. The lowest BCUT2D eigenvalue weighted by Crippen LogP contribution is -2.29. The van der Waals surface area contributed by atoms with Crippen LogP contribution in [0.5, 0.6) is 0 Å². The summed E-state index contributed by atoms with van der Waals surface area (Å²) < 4.78 is 26.5. The van der Waals surface area contributed by atoms with Gasteiger partial charge in [-0.15, -0.1) is 0 Å². The zero-order valence-corrected chi connectivity index (χ0v) is 13.5. The molecule has 0 aliphatic heterocycles. The first-order valence-corrected chi connectivity index (χ1v) is 8.40. The molecule has 0 aliphatic rings. The standard InChI is InChI=1S/C13H20BrNO2S/c1-11(2)8-9-18(16,17)15(3)10-12-4-6-13(14)7-5-12/h4-7,11H,8-10H2,1-3H3.